The Labute approximate surface area is 178 Å². The summed E-state index contributed by atoms with van der Waals surface area (Å²) in [6.07, 6.45) is 1.67. The Morgan fingerprint density at radius 2 is 2.03 bits per heavy atom. The number of aromatic nitrogens is 1. The van der Waals surface area contributed by atoms with Crippen molar-refractivity contribution in [2.45, 2.75) is 46.8 Å². The lowest BCUT2D eigenvalue weighted by atomic mass is 10.1. The molecule has 1 aromatic heterocycles. The van der Waals surface area contributed by atoms with E-state index in [4.69, 9.17) is 27.7 Å². The van der Waals surface area contributed by atoms with Gasteiger partial charge in [-0.15, -0.1) is 0 Å². The Balaban J connectivity index is 2.01. The molecule has 2 aromatic rings. The summed E-state index contributed by atoms with van der Waals surface area (Å²) in [6, 6.07) is 2.86. The van der Waals surface area contributed by atoms with Gasteiger partial charge >= 0.3 is 6.61 Å². The van der Waals surface area contributed by atoms with E-state index in [0.29, 0.717) is 29.6 Å². The molecule has 0 aliphatic rings. The molecule has 0 saturated heterocycles. The first-order valence-electron chi connectivity index (χ1n) is 9.18. The molecule has 1 heterocycles. The van der Waals surface area contributed by atoms with Gasteiger partial charge in [0.25, 0.3) is 0 Å². The van der Waals surface area contributed by atoms with Crippen molar-refractivity contribution >= 4 is 29.2 Å². The molecule has 0 spiro atoms. The van der Waals surface area contributed by atoms with E-state index < -0.39 is 6.61 Å². The van der Waals surface area contributed by atoms with Crippen molar-refractivity contribution in [3.8, 4) is 5.75 Å². The highest BCUT2D eigenvalue weighted by Crippen LogP contribution is 2.34. The van der Waals surface area contributed by atoms with Gasteiger partial charge in [-0.25, -0.2) is 4.99 Å². The first-order valence-corrected chi connectivity index (χ1v) is 9.94. The number of nitrogens with one attached hydrogen (secondary N) is 2. The van der Waals surface area contributed by atoms with Crippen molar-refractivity contribution in [2.24, 2.45) is 4.99 Å². The zero-order chi connectivity index (χ0) is 21.4. The number of guanidine groups is 1. The highest BCUT2D eigenvalue weighted by molar-refractivity contribution is 6.35. The second-order valence-corrected chi connectivity index (χ2v) is 7.13. The van der Waals surface area contributed by atoms with E-state index in [9.17, 15) is 8.78 Å². The minimum absolute atomic E-state index is 0.0143. The summed E-state index contributed by atoms with van der Waals surface area (Å²) in [7, 11) is 0. The van der Waals surface area contributed by atoms with Gasteiger partial charge in [-0.2, -0.15) is 8.78 Å². The van der Waals surface area contributed by atoms with E-state index in [0.717, 1.165) is 29.9 Å². The molecule has 0 radical (unpaired) electrons. The highest BCUT2D eigenvalue weighted by atomic mass is 35.5. The summed E-state index contributed by atoms with van der Waals surface area (Å²) in [5.41, 5.74) is 2.37. The standard InChI is InChI=1S/C19H24Cl2F2N4O2/c1-4-24-19(25-7-5-6-15-11(2)27-29-12(15)3)26-10-13-8-14(20)9-16(21)17(13)28-18(22)23/h8-9,18H,4-7,10H2,1-3H3,(H2,24,25,26). The fraction of sp³-hybridized carbons (Fsp3) is 0.474. The fourth-order valence-electron chi connectivity index (χ4n) is 2.79. The van der Waals surface area contributed by atoms with Crippen LogP contribution in [-0.4, -0.2) is 30.8 Å². The maximum atomic E-state index is 12.7. The van der Waals surface area contributed by atoms with Crippen LogP contribution in [0.15, 0.2) is 21.6 Å². The quantitative estimate of drug-likeness (QED) is 0.324. The number of alkyl halides is 2. The smallest absolute Gasteiger partial charge is 0.387 e. The van der Waals surface area contributed by atoms with E-state index in [-0.39, 0.29) is 17.3 Å². The maximum absolute atomic E-state index is 12.7. The van der Waals surface area contributed by atoms with Crippen molar-refractivity contribution in [1.29, 1.82) is 0 Å². The lowest BCUT2D eigenvalue weighted by Crippen LogP contribution is -2.37. The summed E-state index contributed by atoms with van der Waals surface area (Å²) < 4.78 is 35.1. The Morgan fingerprint density at radius 1 is 1.28 bits per heavy atom. The molecule has 0 atom stereocenters. The molecule has 0 amide bonds. The number of rotatable bonds is 9. The topological polar surface area (TPSA) is 71.7 Å². The van der Waals surface area contributed by atoms with Gasteiger partial charge < -0.3 is 19.9 Å². The van der Waals surface area contributed by atoms with Crippen molar-refractivity contribution < 1.29 is 18.0 Å². The van der Waals surface area contributed by atoms with Gasteiger partial charge in [0.1, 0.15) is 11.5 Å². The van der Waals surface area contributed by atoms with E-state index in [2.05, 4.69) is 25.5 Å². The molecule has 2 rings (SSSR count). The van der Waals surface area contributed by atoms with E-state index in [1.165, 1.54) is 12.1 Å². The van der Waals surface area contributed by atoms with Crippen LogP contribution in [0.2, 0.25) is 10.0 Å². The fourth-order valence-corrected chi connectivity index (χ4v) is 3.37. The molecule has 0 fully saturated rings. The first-order chi connectivity index (χ1) is 13.8. The zero-order valence-electron chi connectivity index (χ0n) is 16.5. The van der Waals surface area contributed by atoms with Crippen LogP contribution in [0.25, 0.3) is 0 Å². The molecule has 0 aliphatic heterocycles. The van der Waals surface area contributed by atoms with Gasteiger partial charge in [-0.1, -0.05) is 28.4 Å². The van der Waals surface area contributed by atoms with Crippen molar-refractivity contribution in [3.63, 3.8) is 0 Å². The van der Waals surface area contributed by atoms with Gasteiger partial charge in [0, 0.05) is 29.2 Å². The van der Waals surface area contributed by atoms with Gasteiger partial charge in [-0.05, 0) is 45.7 Å². The van der Waals surface area contributed by atoms with Crippen LogP contribution in [-0.2, 0) is 13.0 Å². The molecule has 0 unspecified atom stereocenters. The average Bonchev–Trinajstić information content (AvgIpc) is 2.97. The summed E-state index contributed by atoms with van der Waals surface area (Å²) in [5.74, 6) is 1.25. The van der Waals surface area contributed by atoms with Crippen molar-refractivity contribution in [3.05, 3.63) is 44.8 Å². The van der Waals surface area contributed by atoms with E-state index >= 15 is 0 Å². The third-order valence-corrected chi connectivity index (χ3v) is 4.62. The molecule has 1 aromatic carbocycles. The molecular formula is C19H24Cl2F2N4O2. The minimum Gasteiger partial charge on any atom is -0.433 e. The lowest BCUT2D eigenvalue weighted by molar-refractivity contribution is -0.0503. The highest BCUT2D eigenvalue weighted by Gasteiger charge is 2.15. The van der Waals surface area contributed by atoms with Crippen LogP contribution in [0, 0.1) is 13.8 Å². The minimum atomic E-state index is -2.99. The molecule has 0 aliphatic carbocycles. The monoisotopic (exact) mass is 448 g/mol. The molecule has 10 heteroatoms. The second kappa shape index (κ2) is 11.2. The number of nitrogens with zero attached hydrogens (tertiary/aromatic N) is 2. The molecular weight excluding hydrogens is 425 g/mol. The Kier molecular flexibility index (Phi) is 8.98. The molecule has 29 heavy (non-hydrogen) atoms. The number of halogens is 4. The number of aryl methyl sites for hydroxylation is 2. The van der Waals surface area contributed by atoms with Crippen molar-refractivity contribution in [2.75, 3.05) is 13.1 Å². The van der Waals surface area contributed by atoms with Crippen LogP contribution in [0.5, 0.6) is 5.75 Å². The summed E-state index contributed by atoms with van der Waals surface area (Å²) in [5, 5.41) is 10.6. The molecule has 160 valence electrons. The SMILES string of the molecule is CCNC(=NCc1cc(Cl)cc(Cl)c1OC(F)F)NCCCc1c(C)noc1C. The van der Waals surface area contributed by atoms with Gasteiger partial charge in [0.05, 0.1) is 17.3 Å². The second-order valence-electron chi connectivity index (χ2n) is 6.28. The first kappa shape index (κ1) is 23.2. The van der Waals surface area contributed by atoms with Crippen LogP contribution >= 0.6 is 23.2 Å². The van der Waals surface area contributed by atoms with Gasteiger partial charge in [0.15, 0.2) is 5.96 Å². The molecule has 0 saturated carbocycles. The lowest BCUT2D eigenvalue weighted by Gasteiger charge is -2.14. The third-order valence-electron chi connectivity index (χ3n) is 4.12. The predicted molar refractivity (Wildman–Crippen MR) is 110 cm³/mol. The summed E-state index contributed by atoms with van der Waals surface area (Å²) in [4.78, 5) is 4.42. The zero-order valence-corrected chi connectivity index (χ0v) is 18.0. The van der Waals surface area contributed by atoms with Crippen LogP contribution in [0.3, 0.4) is 0 Å². The summed E-state index contributed by atoms with van der Waals surface area (Å²) >= 11 is 12.0. The summed E-state index contributed by atoms with van der Waals surface area (Å²) in [6.45, 7) is 4.12. The van der Waals surface area contributed by atoms with Crippen LogP contribution in [0.4, 0.5) is 8.78 Å². The third kappa shape index (κ3) is 7.04. The Hall–Kier alpha value is -2.06. The molecule has 6 nitrogen and oxygen atoms in total. The molecule has 2 N–H and O–H groups in total. The average molecular weight is 449 g/mol. The number of ether oxygens (including phenoxy) is 1. The maximum Gasteiger partial charge on any atom is 0.387 e. The van der Waals surface area contributed by atoms with Gasteiger partial charge in [-0.3, -0.25) is 0 Å². The number of hydrogen-bond donors (Lipinski definition) is 2. The number of aliphatic imine (C=N–C) groups is 1. The van der Waals surface area contributed by atoms with E-state index in [1.54, 1.807) is 0 Å². The normalized spacial score (nSPS) is 11.8. The number of hydrogen-bond acceptors (Lipinski definition) is 4. The Bertz CT molecular complexity index is 824. The van der Waals surface area contributed by atoms with Crippen molar-refractivity contribution in [1.82, 2.24) is 15.8 Å². The van der Waals surface area contributed by atoms with Gasteiger partial charge in [0.2, 0.25) is 0 Å². The largest absolute Gasteiger partial charge is 0.433 e. The van der Waals surface area contributed by atoms with Crippen LogP contribution in [0.1, 0.15) is 35.9 Å². The predicted octanol–water partition coefficient (Wildman–Crippen LogP) is 4.89. The van der Waals surface area contributed by atoms with E-state index in [1.807, 2.05) is 20.8 Å². The van der Waals surface area contributed by atoms with Crippen LogP contribution < -0.4 is 15.4 Å². The number of benzene rings is 1. The molecule has 0 bridgehead atoms. The Morgan fingerprint density at radius 3 is 2.66 bits per heavy atom.